The third kappa shape index (κ3) is 5.52. The third-order valence-corrected chi connectivity index (χ3v) is 6.17. The minimum Gasteiger partial charge on any atom is -0.352 e. The van der Waals surface area contributed by atoms with E-state index < -0.39 is 0 Å². The van der Waals surface area contributed by atoms with Crippen LogP contribution >= 0.6 is 0 Å². The topological polar surface area (TPSA) is 73.0 Å². The van der Waals surface area contributed by atoms with Gasteiger partial charge in [-0.25, -0.2) is 4.79 Å². The van der Waals surface area contributed by atoms with Gasteiger partial charge < -0.3 is 20.0 Å². The quantitative estimate of drug-likeness (QED) is 0.745. The maximum atomic E-state index is 12.6. The molecule has 2 aliphatic heterocycles. The molecule has 0 atom stereocenters. The van der Waals surface area contributed by atoms with Gasteiger partial charge in [0.2, 0.25) is 11.8 Å². The second kappa shape index (κ2) is 10.5. The highest BCUT2D eigenvalue weighted by atomic mass is 16.2. The Morgan fingerprint density at radius 2 is 1.80 bits per heavy atom. The van der Waals surface area contributed by atoms with E-state index in [4.69, 9.17) is 0 Å². The molecule has 2 saturated heterocycles. The number of piperidine rings is 1. The Labute approximate surface area is 179 Å². The first-order valence-electron chi connectivity index (χ1n) is 11.2. The summed E-state index contributed by atoms with van der Waals surface area (Å²) in [5.41, 5.74) is 2.14. The third-order valence-electron chi connectivity index (χ3n) is 6.17. The predicted molar refractivity (Wildman–Crippen MR) is 116 cm³/mol. The molecule has 1 aromatic rings. The zero-order valence-electron chi connectivity index (χ0n) is 18.2. The molecule has 0 unspecified atom stereocenters. The zero-order chi connectivity index (χ0) is 21.5. The second-order valence-electron chi connectivity index (χ2n) is 8.17. The van der Waals surface area contributed by atoms with Crippen LogP contribution in [0.25, 0.3) is 0 Å². The first-order valence-corrected chi connectivity index (χ1v) is 11.2. The van der Waals surface area contributed by atoms with Crippen LogP contribution in [0.2, 0.25) is 0 Å². The first-order chi connectivity index (χ1) is 14.5. The van der Waals surface area contributed by atoms with E-state index in [1.807, 2.05) is 46.7 Å². The van der Waals surface area contributed by atoms with E-state index in [0.717, 1.165) is 24.1 Å². The van der Waals surface area contributed by atoms with Crippen LogP contribution in [0.1, 0.15) is 50.7 Å². The van der Waals surface area contributed by atoms with Crippen molar-refractivity contribution in [3.05, 3.63) is 35.4 Å². The van der Waals surface area contributed by atoms with Gasteiger partial charge in [0.05, 0.1) is 0 Å². The maximum absolute atomic E-state index is 12.6. The van der Waals surface area contributed by atoms with Gasteiger partial charge in [-0.2, -0.15) is 0 Å². The lowest BCUT2D eigenvalue weighted by atomic mass is 9.96. The Morgan fingerprint density at radius 1 is 1.10 bits per heavy atom. The highest BCUT2D eigenvalue weighted by molar-refractivity contribution is 5.80. The number of benzene rings is 1. The lowest BCUT2D eigenvalue weighted by molar-refractivity contribution is -0.128. The number of nitrogens with one attached hydrogen (secondary N) is 1. The van der Waals surface area contributed by atoms with Crippen molar-refractivity contribution in [1.29, 1.82) is 0 Å². The Balaban J connectivity index is 1.45. The molecule has 4 amide bonds. The van der Waals surface area contributed by atoms with E-state index in [1.54, 1.807) is 0 Å². The molecule has 0 aliphatic carbocycles. The zero-order valence-corrected chi connectivity index (χ0v) is 18.2. The molecule has 2 aliphatic rings. The largest absolute Gasteiger partial charge is 0.352 e. The Bertz CT molecular complexity index is 755. The lowest BCUT2D eigenvalue weighted by Gasteiger charge is -2.34. The molecule has 1 aromatic carbocycles. The van der Waals surface area contributed by atoms with Crippen molar-refractivity contribution in [2.45, 2.75) is 52.6 Å². The van der Waals surface area contributed by atoms with Crippen molar-refractivity contribution < 1.29 is 14.4 Å². The second-order valence-corrected chi connectivity index (χ2v) is 8.17. The van der Waals surface area contributed by atoms with Gasteiger partial charge in [-0.3, -0.25) is 9.59 Å². The number of amides is 4. The van der Waals surface area contributed by atoms with Gasteiger partial charge in [-0.15, -0.1) is 0 Å². The summed E-state index contributed by atoms with van der Waals surface area (Å²) in [7, 11) is 0. The van der Waals surface area contributed by atoms with Crippen molar-refractivity contribution in [3.63, 3.8) is 0 Å². The van der Waals surface area contributed by atoms with Gasteiger partial charge >= 0.3 is 6.03 Å². The molecule has 7 heteroatoms. The van der Waals surface area contributed by atoms with Crippen LogP contribution in [-0.4, -0.2) is 65.3 Å². The van der Waals surface area contributed by atoms with Crippen molar-refractivity contribution in [2.75, 3.05) is 32.7 Å². The van der Waals surface area contributed by atoms with E-state index in [-0.39, 0.29) is 23.8 Å². The Hall–Kier alpha value is -2.57. The SMILES string of the molecule is CCN(CC)C(=O)N1CCC(C(=O)NCc2cccc(CN3CCCC3=O)c2)CC1. The van der Waals surface area contributed by atoms with Crippen LogP contribution in [0.3, 0.4) is 0 Å². The summed E-state index contributed by atoms with van der Waals surface area (Å²) in [4.78, 5) is 42.5. The van der Waals surface area contributed by atoms with Crippen molar-refractivity contribution >= 4 is 17.8 Å². The fourth-order valence-electron chi connectivity index (χ4n) is 4.29. The van der Waals surface area contributed by atoms with Gasteiger partial charge in [0, 0.05) is 58.2 Å². The number of carbonyl (C=O) groups excluding carboxylic acids is 3. The molecular weight excluding hydrogens is 380 g/mol. The molecule has 7 nitrogen and oxygen atoms in total. The standard InChI is InChI=1S/C23H34N4O3/c1-3-25(4-2)23(30)26-13-10-20(11-14-26)22(29)24-16-18-7-5-8-19(15-18)17-27-12-6-9-21(27)28/h5,7-8,15,20H,3-4,6,9-14,16-17H2,1-2H3,(H,24,29). The Kier molecular flexibility index (Phi) is 7.71. The molecule has 0 bridgehead atoms. The fourth-order valence-corrected chi connectivity index (χ4v) is 4.29. The molecule has 164 valence electrons. The van der Waals surface area contributed by atoms with Crippen LogP contribution in [0.4, 0.5) is 4.79 Å². The number of urea groups is 1. The Morgan fingerprint density at radius 3 is 2.43 bits per heavy atom. The van der Waals surface area contributed by atoms with E-state index in [9.17, 15) is 14.4 Å². The smallest absolute Gasteiger partial charge is 0.319 e. The first kappa shape index (κ1) is 22.1. The number of nitrogens with zero attached hydrogens (tertiary/aromatic N) is 3. The molecule has 3 rings (SSSR count). The number of hydrogen-bond donors (Lipinski definition) is 1. The summed E-state index contributed by atoms with van der Waals surface area (Å²) in [6.07, 6.45) is 2.99. The van der Waals surface area contributed by atoms with Gasteiger partial charge in [0.1, 0.15) is 0 Å². The van der Waals surface area contributed by atoms with Crippen molar-refractivity contribution in [1.82, 2.24) is 20.0 Å². The molecule has 1 N–H and O–H groups in total. The molecule has 2 heterocycles. The number of rotatable bonds is 7. The van der Waals surface area contributed by atoms with Gasteiger partial charge in [-0.1, -0.05) is 24.3 Å². The number of carbonyl (C=O) groups is 3. The molecule has 2 fully saturated rings. The van der Waals surface area contributed by atoms with Crippen molar-refractivity contribution in [3.8, 4) is 0 Å². The van der Waals surface area contributed by atoms with Gasteiger partial charge in [0.25, 0.3) is 0 Å². The van der Waals surface area contributed by atoms with Crippen LogP contribution < -0.4 is 5.32 Å². The minimum absolute atomic E-state index is 0.0452. The number of likely N-dealkylation sites (tertiary alicyclic amines) is 2. The normalized spacial score (nSPS) is 17.3. The van der Waals surface area contributed by atoms with E-state index in [0.29, 0.717) is 58.5 Å². The van der Waals surface area contributed by atoms with Gasteiger partial charge in [0.15, 0.2) is 0 Å². The molecule has 0 aromatic heterocycles. The van der Waals surface area contributed by atoms with E-state index in [1.165, 1.54) is 0 Å². The molecule has 0 saturated carbocycles. The minimum atomic E-state index is -0.0452. The van der Waals surface area contributed by atoms with E-state index >= 15 is 0 Å². The van der Waals surface area contributed by atoms with Crippen molar-refractivity contribution in [2.24, 2.45) is 5.92 Å². The summed E-state index contributed by atoms with van der Waals surface area (Å²) >= 11 is 0. The lowest BCUT2D eigenvalue weighted by Crippen LogP contribution is -2.48. The summed E-state index contributed by atoms with van der Waals surface area (Å²) in [5, 5.41) is 3.05. The monoisotopic (exact) mass is 414 g/mol. The molecule has 30 heavy (non-hydrogen) atoms. The molecule has 0 radical (unpaired) electrons. The molecule has 0 spiro atoms. The van der Waals surface area contributed by atoms with E-state index in [2.05, 4.69) is 11.4 Å². The average Bonchev–Trinajstić information content (AvgIpc) is 3.17. The average molecular weight is 415 g/mol. The maximum Gasteiger partial charge on any atom is 0.319 e. The summed E-state index contributed by atoms with van der Waals surface area (Å²) in [6.45, 7) is 8.61. The van der Waals surface area contributed by atoms with Crippen LogP contribution in [0.15, 0.2) is 24.3 Å². The number of hydrogen-bond acceptors (Lipinski definition) is 3. The highest BCUT2D eigenvalue weighted by Crippen LogP contribution is 2.19. The van der Waals surface area contributed by atoms with Crippen LogP contribution in [0.5, 0.6) is 0 Å². The van der Waals surface area contributed by atoms with Gasteiger partial charge in [-0.05, 0) is 44.2 Å². The van der Waals surface area contributed by atoms with Crippen LogP contribution in [0, 0.1) is 5.92 Å². The fraction of sp³-hybridized carbons (Fsp3) is 0.609. The summed E-state index contributed by atoms with van der Waals surface area (Å²) < 4.78 is 0. The summed E-state index contributed by atoms with van der Waals surface area (Å²) in [6, 6.07) is 8.15. The highest BCUT2D eigenvalue weighted by Gasteiger charge is 2.28. The predicted octanol–water partition coefficient (Wildman–Crippen LogP) is 2.60. The molecular formula is C23H34N4O3. The summed E-state index contributed by atoms with van der Waals surface area (Å²) in [5.74, 6) is 0.237. The van der Waals surface area contributed by atoms with Crippen LogP contribution in [-0.2, 0) is 22.7 Å².